The van der Waals surface area contributed by atoms with Crippen molar-refractivity contribution in [2.45, 2.75) is 13.0 Å². The smallest absolute Gasteiger partial charge is 0.231 e. The third-order valence-corrected chi connectivity index (χ3v) is 2.84. The average Bonchev–Trinajstić information content (AvgIpc) is 2.87. The molecule has 1 aliphatic rings. The fourth-order valence-corrected chi connectivity index (χ4v) is 1.89. The van der Waals surface area contributed by atoms with Crippen molar-refractivity contribution in [3.8, 4) is 11.5 Å². The molecule has 1 unspecified atom stereocenters. The van der Waals surface area contributed by atoms with Crippen molar-refractivity contribution in [2.24, 2.45) is 0 Å². The number of anilines is 1. The van der Waals surface area contributed by atoms with Crippen molar-refractivity contribution in [3.63, 3.8) is 0 Å². The van der Waals surface area contributed by atoms with Gasteiger partial charge in [-0.15, -0.1) is 0 Å². The Morgan fingerprint density at radius 2 is 1.94 bits per heavy atom. The highest BCUT2D eigenvalue weighted by atomic mass is 16.7. The van der Waals surface area contributed by atoms with Crippen LogP contribution < -0.4 is 14.8 Å². The molecular weight excluding hydrogens is 230 g/mol. The summed E-state index contributed by atoms with van der Waals surface area (Å²) in [6.07, 6.45) is 5.00. The Hall–Kier alpha value is -2.30. The van der Waals surface area contributed by atoms with Gasteiger partial charge >= 0.3 is 0 Å². The zero-order valence-corrected chi connectivity index (χ0v) is 9.96. The van der Waals surface area contributed by atoms with E-state index in [2.05, 4.69) is 22.2 Å². The minimum Gasteiger partial charge on any atom is -0.454 e. The number of fused-ring (bicyclic) bond motifs is 1. The predicted molar refractivity (Wildman–Crippen MR) is 66.6 cm³/mol. The summed E-state index contributed by atoms with van der Waals surface area (Å²) in [5.41, 5.74) is 2.02. The molecule has 1 aromatic heterocycles. The highest BCUT2D eigenvalue weighted by Crippen LogP contribution is 2.34. The van der Waals surface area contributed by atoms with Gasteiger partial charge in [0.25, 0.3) is 0 Å². The van der Waals surface area contributed by atoms with E-state index >= 15 is 0 Å². The maximum atomic E-state index is 5.36. The second kappa shape index (κ2) is 4.52. The highest BCUT2D eigenvalue weighted by molar-refractivity contribution is 5.47. The molecule has 0 amide bonds. The van der Waals surface area contributed by atoms with E-state index in [1.807, 2.05) is 18.2 Å². The van der Waals surface area contributed by atoms with Crippen molar-refractivity contribution >= 4 is 5.69 Å². The molecule has 1 aliphatic heterocycles. The van der Waals surface area contributed by atoms with Crippen LogP contribution in [0.1, 0.15) is 18.5 Å². The standard InChI is InChI=1S/C13H13N3O2/c1-9(16-11-5-14-7-15-6-11)10-2-3-12-13(4-10)18-8-17-12/h2-7,9,16H,8H2,1H3. The third kappa shape index (κ3) is 2.07. The van der Waals surface area contributed by atoms with E-state index < -0.39 is 0 Å². The number of hydrogen-bond acceptors (Lipinski definition) is 5. The molecule has 0 bridgehead atoms. The molecule has 1 N–H and O–H groups in total. The van der Waals surface area contributed by atoms with Crippen molar-refractivity contribution in [1.82, 2.24) is 9.97 Å². The van der Waals surface area contributed by atoms with Gasteiger partial charge in [0.1, 0.15) is 6.33 Å². The summed E-state index contributed by atoms with van der Waals surface area (Å²) in [6, 6.07) is 6.08. The number of rotatable bonds is 3. The molecule has 0 radical (unpaired) electrons. The zero-order valence-electron chi connectivity index (χ0n) is 9.96. The largest absolute Gasteiger partial charge is 0.454 e. The lowest BCUT2D eigenvalue weighted by atomic mass is 10.1. The molecule has 18 heavy (non-hydrogen) atoms. The lowest BCUT2D eigenvalue weighted by molar-refractivity contribution is 0.174. The summed E-state index contributed by atoms with van der Waals surface area (Å²) in [4.78, 5) is 7.94. The molecule has 0 fully saturated rings. The average molecular weight is 243 g/mol. The predicted octanol–water partition coefficient (Wildman–Crippen LogP) is 2.38. The van der Waals surface area contributed by atoms with E-state index in [1.54, 1.807) is 12.4 Å². The van der Waals surface area contributed by atoms with Crippen LogP contribution in [0.4, 0.5) is 5.69 Å². The number of benzene rings is 1. The minimum absolute atomic E-state index is 0.144. The topological polar surface area (TPSA) is 56.3 Å². The number of hydrogen-bond donors (Lipinski definition) is 1. The van der Waals surface area contributed by atoms with Gasteiger partial charge in [0.15, 0.2) is 11.5 Å². The van der Waals surface area contributed by atoms with Crippen LogP contribution in [-0.4, -0.2) is 16.8 Å². The molecule has 5 nitrogen and oxygen atoms in total. The van der Waals surface area contributed by atoms with E-state index in [9.17, 15) is 0 Å². The van der Waals surface area contributed by atoms with Crippen LogP contribution in [0.5, 0.6) is 11.5 Å². The van der Waals surface area contributed by atoms with Crippen LogP contribution in [0.3, 0.4) is 0 Å². The maximum Gasteiger partial charge on any atom is 0.231 e. The number of ether oxygens (including phenoxy) is 2. The molecule has 92 valence electrons. The Morgan fingerprint density at radius 3 is 2.78 bits per heavy atom. The lowest BCUT2D eigenvalue weighted by Crippen LogP contribution is -2.06. The van der Waals surface area contributed by atoms with Gasteiger partial charge in [0.2, 0.25) is 6.79 Å². The van der Waals surface area contributed by atoms with E-state index in [0.717, 1.165) is 22.7 Å². The molecule has 1 aromatic carbocycles. The summed E-state index contributed by atoms with van der Waals surface area (Å²) in [5, 5.41) is 3.33. The van der Waals surface area contributed by atoms with Gasteiger partial charge in [-0.2, -0.15) is 0 Å². The van der Waals surface area contributed by atoms with Gasteiger partial charge in [-0.25, -0.2) is 9.97 Å². The van der Waals surface area contributed by atoms with Crippen LogP contribution in [0.2, 0.25) is 0 Å². The second-order valence-corrected chi connectivity index (χ2v) is 4.11. The van der Waals surface area contributed by atoms with Gasteiger partial charge in [-0.05, 0) is 24.6 Å². The first-order valence-electron chi connectivity index (χ1n) is 5.74. The van der Waals surface area contributed by atoms with E-state index in [1.165, 1.54) is 6.33 Å². The van der Waals surface area contributed by atoms with Crippen molar-refractivity contribution in [1.29, 1.82) is 0 Å². The third-order valence-electron chi connectivity index (χ3n) is 2.84. The van der Waals surface area contributed by atoms with Gasteiger partial charge in [-0.3, -0.25) is 0 Å². The Balaban J connectivity index is 1.78. The molecular formula is C13H13N3O2. The van der Waals surface area contributed by atoms with E-state index in [0.29, 0.717) is 6.79 Å². The Morgan fingerprint density at radius 1 is 1.17 bits per heavy atom. The first kappa shape index (κ1) is 10.8. The lowest BCUT2D eigenvalue weighted by Gasteiger charge is -2.15. The van der Waals surface area contributed by atoms with Gasteiger partial charge in [0.05, 0.1) is 18.1 Å². The van der Waals surface area contributed by atoms with Crippen LogP contribution in [0.15, 0.2) is 36.9 Å². The first-order valence-corrected chi connectivity index (χ1v) is 5.74. The first-order chi connectivity index (χ1) is 8.83. The van der Waals surface area contributed by atoms with E-state index in [-0.39, 0.29) is 6.04 Å². The molecule has 2 aromatic rings. The Bertz CT molecular complexity index is 545. The molecule has 5 heteroatoms. The Labute approximate surface area is 105 Å². The molecule has 0 spiro atoms. The second-order valence-electron chi connectivity index (χ2n) is 4.11. The Kier molecular flexibility index (Phi) is 2.72. The highest BCUT2D eigenvalue weighted by Gasteiger charge is 2.15. The van der Waals surface area contributed by atoms with Crippen molar-refractivity contribution in [3.05, 3.63) is 42.5 Å². The van der Waals surface area contributed by atoms with Crippen molar-refractivity contribution < 1.29 is 9.47 Å². The summed E-state index contributed by atoms with van der Waals surface area (Å²) >= 11 is 0. The molecule has 3 rings (SSSR count). The zero-order chi connectivity index (χ0) is 12.4. The normalized spacial score (nSPS) is 14.3. The quantitative estimate of drug-likeness (QED) is 0.896. The van der Waals surface area contributed by atoms with Crippen LogP contribution in [-0.2, 0) is 0 Å². The molecule has 0 saturated carbocycles. The maximum absolute atomic E-state index is 5.36. The molecule has 0 saturated heterocycles. The summed E-state index contributed by atoms with van der Waals surface area (Å²) in [6.45, 7) is 2.37. The monoisotopic (exact) mass is 243 g/mol. The molecule has 1 atom stereocenters. The van der Waals surface area contributed by atoms with Crippen LogP contribution in [0, 0.1) is 0 Å². The minimum atomic E-state index is 0.144. The van der Waals surface area contributed by atoms with Crippen LogP contribution >= 0.6 is 0 Å². The number of nitrogens with one attached hydrogen (secondary N) is 1. The summed E-state index contributed by atoms with van der Waals surface area (Å²) < 4.78 is 10.7. The summed E-state index contributed by atoms with van der Waals surface area (Å²) in [7, 11) is 0. The fourth-order valence-electron chi connectivity index (χ4n) is 1.89. The molecule has 2 heterocycles. The van der Waals surface area contributed by atoms with Crippen molar-refractivity contribution in [2.75, 3.05) is 12.1 Å². The SMILES string of the molecule is CC(Nc1cncnc1)c1ccc2c(c1)OCO2. The van der Waals surface area contributed by atoms with Gasteiger partial charge in [0, 0.05) is 6.04 Å². The number of aromatic nitrogens is 2. The fraction of sp³-hybridized carbons (Fsp3) is 0.231. The van der Waals surface area contributed by atoms with E-state index in [4.69, 9.17) is 9.47 Å². The van der Waals surface area contributed by atoms with Gasteiger partial charge in [-0.1, -0.05) is 6.07 Å². The number of nitrogens with zero attached hydrogens (tertiary/aromatic N) is 2. The summed E-state index contributed by atoms with van der Waals surface area (Å²) in [5.74, 6) is 1.60. The molecule has 0 aliphatic carbocycles. The van der Waals surface area contributed by atoms with Gasteiger partial charge < -0.3 is 14.8 Å². The van der Waals surface area contributed by atoms with Crippen LogP contribution in [0.25, 0.3) is 0 Å².